The number of hydrogen-bond acceptors (Lipinski definition) is 16. The molecule has 2 aliphatic carbocycles. The molecule has 6 aliphatic rings. The molecule has 2 saturated carbocycles. The van der Waals surface area contributed by atoms with E-state index in [4.69, 9.17) is 41.4 Å². The van der Waals surface area contributed by atoms with Gasteiger partial charge in [0.25, 0.3) is 11.8 Å². The van der Waals surface area contributed by atoms with Crippen LogP contribution in [0.5, 0.6) is 17.4 Å². The van der Waals surface area contributed by atoms with Gasteiger partial charge in [0.1, 0.15) is 34.7 Å². The Morgan fingerprint density at radius 3 is 2.26 bits per heavy atom. The second-order valence-corrected chi connectivity index (χ2v) is 22.8. The van der Waals surface area contributed by atoms with Crippen LogP contribution < -0.4 is 30.6 Å². The van der Waals surface area contributed by atoms with E-state index < -0.39 is 29.9 Å². The van der Waals surface area contributed by atoms with E-state index in [0.29, 0.717) is 45.9 Å². The number of rotatable bonds is 14. The summed E-state index contributed by atoms with van der Waals surface area (Å²) in [4.78, 5) is 51.9. The minimum Gasteiger partial charge on any atom is -0.507 e. The highest BCUT2D eigenvalue weighted by atomic mass is 35.5. The van der Waals surface area contributed by atoms with Crippen LogP contribution in [-0.2, 0) is 9.59 Å². The summed E-state index contributed by atoms with van der Waals surface area (Å²) in [6, 6.07) is 22.1. The molecule has 4 aliphatic heterocycles. The summed E-state index contributed by atoms with van der Waals surface area (Å²) in [5, 5.41) is 34.0. The molecule has 18 nitrogen and oxygen atoms in total. The van der Waals surface area contributed by atoms with Gasteiger partial charge in [0.2, 0.25) is 11.9 Å². The maximum absolute atomic E-state index is 14.3. The Morgan fingerprint density at radius 1 is 0.883 bits per heavy atom. The van der Waals surface area contributed by atoms with Gasteiger partial charge in [-0.1, -0.05) is 67.9 Å². The van der Waals surface area contributed by atoms with Crippen LogP contribution in [0.1, 0.15) is 94.8 Å². The van der Waals surface area contributed by atoms with Crippen molar-refractivity contribution in [3.63, 3.8) is 0 Å². The topological polar surface area (TPSA) is 222 Å². The Balaban J connectivity index is 0.597. The number of fused-ring (bicyclic) bond motifs is 2. The number of carbonyl (C=O) groups is 2. The predicted octanol–water partition coefficient (Wildman–Crippen LogP) is 7.91. The number of nitrogens with one attached hydrogen (secondary N) is 1. The number of aromatic hydroxyl groups is 1. The summed E-state index contributed by atoms with van der Waals surface area (Å²) in [6.07, 6.45) is 11.3. The number of aromatic nitrogens is 5. The van der Waals surface area contributed by atoms with Crippen LogP contribution in [0.3, 0.4) is 0 Å². The number of anilines is 3. The van der Waals surface area contributed by atoms with Crippen LogP contribution in [0, 0.1) is 17.2 Å². The van der Waals surface area contributed by atoms with Crippen molar-refractivity contribution in [1.29, 1.82) is 0 Å². The molecule has 2 unspecified atom stereocenters. The van der Waals surface area contributed by atoms with Crippen LogP contribution in [0.2, 0.25) is 5.02 Å². The van der Waals surface area contributed by atoms with Crippen LogP contribution in [0.25, 0.3) is 22.4 Å². The number of nitrogens with zero attached hydrogens (tertiary/aromatic N) is 9. The maximum Gasteiger partial charge on any atom is 0.275 e. The molecule has 12 rings (SSSR count). The van der Waals surface area contributed by atoms with Crippen LogP contribution >= 0.6 is 11.6 Å². The number of phenols is 1. The molecular formula is C57H63ClFN11O7. The standard InChI is InChI=1S/C57H63ClFN11O7/c1-32(2)49(55(74)69-31-39(71)21-47(69)53(73)65-76-40-15-11-34(12-16-40)42-7-3-5-9-44(42)59)51-50(58)54(66-77-51)75-41-25-57(26-41)23-38(24-57)67-19-17-33(18-20-67)35-27-61-56(62-28-35)70-36-13-14-37(70)30-68(29-36)46-22-45(63-64-52(46)60)43-8-4-6-10-48(43)72/h3-12,15-16,22,27-28,32-33,36-39,41,47,49,71-72H,13-14,17-21,23-26,29-31H2,1-2H3,(H2,60,64)(H,65,73)/t36?,37?,38-,39-,41-,47+,49-,57?/m1/s1. The molecule has 3 aromatic carbocycles. The third kappa shape index (κ3) is 9.86. The predicted molar refractivity (Wildman–Crippen MR) is 286 cm³/mol. The molecule has 6 aromatic rings. The number of β-amino-alcohol motifs (C(OH)–C–C–N with tert-alkyl or cyclic N) is 1. The minimum absolute atomic E-state index is 0.0151. The zero-order valence-corrected chi connectivity index (χ0v) is 43.8. The lowest BCUT2D eigenvalue weighted by Crippen LogP contribution is -2.59. The van der Waals surface area contributed by atoms with E-state index in [1.54, 1.807) is 54.6 Å². The first-order valence-electron chi connectivity index (χ1n) is 26.9. The lowest BCUT2D eigenvalue weighted by molar-refractivity contribution is -0.143. The first kappa shape index (κ1) is 50.7. The fourth-order valence-corrected chi connectivity index (χ4v) is 13.4. The normalized spacial score (nSPS) is 25.7. The first-order valence-corrected chi connectivity index (χ1v) is 27.3. The number of nitrogens with two attached hydrogens (primary N) is 1. The molecule has 20 heteroatoms. The number of amides is 2. The minimum atomic E-state index is -1.02. The maximum atomic E-state index is 14.3. The van der Waals surface area contributed by atoms with Gasteiger partial charge in [-0.2, -0.15) is 5.48 Å². The fourth-order valence-electron chi connectivity index (χ4n) is 13.1. The summed E-state index contributed by atoms with van der Waals surface area (Å²) in [5.74, 6) is -0.241. The number of hydroxylamine groups is 1. The number of aliphatic hydroxyl groups is 1. The van der Waals surface area contributed by atoms with Crippen molar-refractivity contribution in [3.05, 3.63) is 113 Å². The Labute approximate surface area is 450 Å². The molecule has 2 amide bonds. The van der Waals surface area contributed by atoms with E-state index in [-0.39, 0.29) is 70.7 Å². The number of piperidine rings is 1. The zero-order valence-electron chi connectivity index (χ0n) is 43.0. The van der Waals surface area contributed by atoms with Crippen LogP contribution in [-0.4, -0.2) is 126 Å². The van der Waals surface area contributed by atoms with Gasteiger partial charge < -0.3 is 49.6 Å². The highest BCUT2D eigenvalue weighted by molar-refractivity contribution is 6.32. The van der Waals surface area contributed by atoms with Crippen LogP contribution in [0.15, 0.2) is 95.8 Å². The number of para-hydroxylation sites is 1. The number of likely N-dealkylation sites (tertiary alicyclic amines) is 2. The fraction of sp³-hybridized carbons (Fsp3) is 0.456. The molecule has 77 heavy (non-hydrogen) atoms. The third-order valence-corrected chi connectivity index (χ3v) is 17.5. The van der Waals surface area contributed by atoms with Crippen molar-refractivity contribution in [1.82, 2.24) is 40.6 Å². The summed E-state index contributed by atoms with van der Waals surface area (Å²) in [7, 11) is 0. The zero-order chi connectivity index (χ0) is 53.1. The van der Waals surface area contributed by atoms with Gasteiger partial charge >= 0.3 is 0 Å². The third-order valence-electron chi connectivity index (χ3n) is 17.2. The quantitative estimate of drug-likeness (QED) is 0.0761. The smallest absolute Gasteiger partial charge is 0.275 e. The molecule has 6 fully saturated rings. The summed E-state index contributed by atoms with van der Waals surface area (Å²) < 4.78 is 26.4. The highest BCUT2D eigenvalue weighted by Crippen LogP contribution is 2.59. The van der Waals surface area contributed by atoms with Gasteiger partial charge in [0.15, 0.2) is 17.3 Å². The number of nitrogen functional groups attached to an aromatic ring is 1. The van der Waals surface area contributed by atoms with Crippen molar-refractivity contribution < 1.29 is 38.3 Å². The van der Waals surface area contributed by atoms with Gasteiger partial charge in [-0.05, 0) is 134 Å². The number of halogens is 2. The molecule has 3 aromatic heterocycles. The average Bonchev–Trinajstić information content (AvgIpc) is 4.09. The molecule has 5 N–H and O–H groups in total. The van der Waals surface area contributed by atoms with E-state index in [1.165, 1.54) is 16.5 Å². The molecule has 0 radical (unpaired) electrons. The van der Waals surface area contributed by atoms with Gasteiger partial charge in [-0.3, -0.25) is 9.59 Å². The van der Waals surface area contributed by atoms with Crippen molar-refractivity contribution in [2.24, 2.45) is 11.3 Å². The Morgan fingerprint density at radius 2 is 1.57 bits per heavy atom. The largest absolute Gasteiger partial charge is 0.507 e. The van der Waals surface area contributed by atoms with Crippen LogP contribution in [0.4, 0.5) is 21.8 Å². The van der Waals surface area contributed by atoms with Crippen molar-refractivity contribution >= 4 is 40.9 Å². The SMILES string of the molecule is CC(C)[C@@H](C(=O)N1C[C@H](O)C[C@H]1C(=O)NOc1ccc(-c2ccccc2F)cc1)c1onc(O[C@H]2CC3(C2)C[C@H](N2CCC(c4cnc(N5C6CCC5CN(c5cc(-c7ccccc7O)nnc5N)C6)nc4)CC2)C3)c1Cl. The Kier molecular flexibility index (Phi) is 13.6. The van der Waals surface area contributed by atoms with Gasteiger partial charge in [-0.25, -0.2) is 14.4 Å². The average molecular weight is 1070 g/mol. The molecule has 5 atom stereocenters. The summed E-state index contributed by atoms with van der Waals surface area (Å²) in [5.41, 5.74) is 13.4. The van der Waals surface area contributed by atoms with E-state index in [9.17, 15) is 24.2 Å². The van der Waals surface area contributed by atoms with Gasteiger partial charge in [0.05, 0.1) is 17.5 Å². The van der Waals surface area contributed by atoms with E-state index in [0.717, 1.165) is 89.2 Å². The van der Waals surface area contributed by atoms with Crippen molar-refractivity contribution in [3.8, 4) is 39.8 Å². The Bertz CT molecular complexity index is 3110. The Hall–Kier alpha value is -7.09. The molecule has 4 saturated heterocycles. The number of hydrogen-bond donors (Lipinski definition) is 4. The lowest BCUT2D eigenvalue weighted by Gasteiger charge is -2.60. The number of piperazine rings is 1. The molecule has 7 heterocycles. The molecule has 402 valence electrons. The molecule has 1 spiro atoms. The number of aliphatic hydroxyl groups excluding tert-OH is 1. The monoisotopic (exact) mass is 1070 g/mol. The van der Waals surface area contributed by atoms with E-state index in [2.05, 4.69) is 35.5 Å². The summed E-state index contributed by atoms with van der Waals surface area (Å²) in [6.45, 7) is 7.27. The van der Waals surface area contributed by atoms with E-state index in [1.807, 2.05) is 44.4 Å². The van der Waals surface area contributed by atoms with E-state index >= 15 is 0 Å². The molecular weight excluding hydrogens is 1010 g/mol. The lowest BCUT2D eigenvalue weighted by atomic mass is 9.52. The first-order chi connectivity index (χ1) is 37.3. The van der Waals surface area contributed by atoms with Crippen molar-refractivity contribution in [2.45, 2.75) is 120 Å². The van der Waals surface area contributed by atoms with Gasteiger partial charge in [0, 0.05) is 67.7 Å². The molecule has 2 bridgehead atoms. The number of benzene rings is 3. The number of phenolic OH excluding ortho intramolecular Hbond substituents is 1. The second-order valence-electron chi connectivity index (χ2n) is 22.4. The summed E-state index contributed by atoms with van der Waals surface area (Å²) >= 11 is 6.90. The number of ether oxygens (including phenoxy) is 1. The highest BCUT2D eigenvalue weighted by Gasteiger charge is 2.56. The van der Waals surface area contributed by atoms with Gasteiger partial charge in [-0.15, -0.1) is 10.2 Å². The number of carbonyl (C=O) groups excluding carboxylic acids is 2. The second kappa shape index (κ2) is 20.7. The van der Waals surface area contributed by atoms with Crippen molar-refractivity contribution in [2.75, 3.05) is 48.3 Å².